The number of nitrogens with one attached hydrogen (secondary N) is 1. The van der Waals surface area contributed by atoms with Crippen LogP contribution in [0.2, 0.25) is 0 Å². The van der Waals surface area contributed by atoms with Gasteiger partial charge in [0, 0.05) is 23.6 Å². The van der Waals surface area contributed by atoms with Crippen LogP contribution in [-0.2, 0) is 0 Å². The van der Waals surface area contributed by atoms with Gasteiger partial charge in [-0.15, -0.1) is 0 Å². The molecule has 2 aromatic carbocycles. The number of ether oxygens (including phenoxy) is 1. The molecule has 1 atom stereocenters. The normalized spacial score (nSPS) is 15.8. The van der Waals surface area contributed by atoms with Gasteiger partial charge in [-0.2, -0.15) is 0 Å². The number of hydrogen-bond donors (Lipinski definition) is 1. The lowest BCUT2D eigenvalue weighted by Gasteiger charge is -2.21. The Morgan fingerprint density at radius 3 is 2.68 bits per heavy atom. The molecule has 3 aromatic rings. The third kappa shape index (κ3) is 2.85. The minimum absolute atomic E-state index is 0.0112. The fourth-order valence-corrected chi connectivity index (χ4v) is 3.67. The molecule has 0 amide bonds. The standard InChI is InChI=1S/C18H12N2O4S/c21-18-19-17-16(25-18)14(11-5-2-1-3-6-11)10-15(24-17)12-7-4-8-13(9-12)20(22)23/h1-10,14H,(H,19,21). The van der Waals surface area contributed by atoms with Gasteiger partial charge < -0.3 is 4.74 Å². The highest BCUT2D eigenvalue weighted by Gasteiger charge is 2.27. The molecule has 0 saturated heterocycles. The highest BCUT2D eigenvalue weighted by Crippen LogP contribution is 2.41. The summed E-state index contributed by atoms with van der Waals surface area (Å²) in [5, 5.41) is 11.0. The molecule has 1 aliphatic heterocycles. The molecular formula is C18H12N2O4S. The monoisotopic (exact) mass is 352 g/mol. The summed E-state index contributed by atoms with van der Waals surface area (Å²) in [6.07, 6.45) is 1.89. The van der Waals surface area contributed by atoms with E-state index in [9.17, 15) is 14.9 Å². The van der Waals surface area contributed by atoms with E-state index < -0.39 is 4.92 Å². The van der Waals surface area contributed by atoms with E-state index in [0.717, 1.165) is 21.8 Å². The summed E-state index contributed by atoms with van der Waals surface area (Å²) in [4.78, 5) is 25.7. The summed E-state index contributed by atoms with van der Waals surface area (Å²) in [5.41, 5.74) is 1.60. The van der Waals surface area contributed by atoms with E-state index in [4.69, 9.17) is 4.74 Å². The minimum Gasteiger partial charge on any atom is -0.439 e. The predicted octanol–water partition coefficient (Wildman–Crippen LogP) is 3.91. The summed E-state index contributed by atoms with van der Waals surface area (Å²) < 4.78 is 5.82. The van der Waals surface area contributed by atoms with Crippen LogP contribution in [0.1, 0.15) is 21.9 Å². The summed E-state index contributed by atoms with van der Waals surface area (Å²) in [6.45, 7) is 0. The Balaban J connectivity index is 1.84. The highest BCUT2D eigenvalue weighted by molar-refractivity contribution is 7.09. The van der Waals surface area contributed by atoms with Crippen LogP contribution in [0, 0.1) is 10.1 Å². The Morgan fingerprint density at radius 1 is 1.12 bits per heavy atom. The molecule has 1 unspecified atom stereocenters. The molecule has 0 bridgehead atoms. The maximum atomic E-state index is 11.8. The fourth-order valence-electron chi connectivity index (χ4n) is 2.81. The SMILES string of the molecule is O=c1[nH]c2c(s1)C(c1ccccc1)C=C(c1cccc([N+](=O)[O-])c1)O2. The lowest BCUT2D eigenvalue weighted by Crippen LogP contribution is -2.09. The number of aromatic nitrogens is 1. The molecular weight excluding hydrogens is 340 g/mol. The van der Waals surface area contributed by atoms with Crippen molar-refractivity contribution < 1.29 is 9.66 Å². The molecule has 0 spiro atoms. The van der Waals surface area contributed by atoms with E-state index in [1.807, 2.05) is 36.4 Å². The molecule has 7 heteroatoms. The van der Waals surface area contributed by atoms with Crippen molar-refractivity contribution in [2.75, 3.05) is 0 Å². The second-order valence-corrected chi connectivity index (χ2v) is 6.55. The van der Waals surface area contributed by atoms with Gasteiger partial charge in [-0.3, -0.25) is 19.9 Å². The van der Waals surface area contributed by atoms with Gasteiger partial charge in [0.05, 0.1) is 9.80 Å². The zero-order chi connectivity index (χ0) is 17.4. The quantitative estimate of drug-likeness (QED) is 0.572. The first kappa shape index (κ1) is 15.3. The molecule has 25 heavy (non-hydrogen) atoms. The zero-order valence-corrected chi connectivity index (χ0v) is 13.7. The van der Waals surface area contributed by atoms with Crippen molar-refractivity contribution >= 4 is 22.8 Å². The second-order valence-electron chi connectivity index (χ2n) is 5.54. The number of allylic oxidation sites excluding steroid dienone is 1. The number of fused-ring (bicyclic) bond motifs is 1. The van der Waals surface area contributed by atoms with Crippen molar-refractivity contribution in [2.24, 2.45) is 0 Å². The van der Waals surface area contributed by atoms with Crippen LogP contribution in [0.4, 0.5) is 5.69 Å². The first-order valence-corrected chi connectivity index (χ1v) is 8.36. The Hall–Kier alpha value is -3.19. The van der Waals surface area contributed by atoms with Crippen LogP contribution in [0.3, 0.4) is 0 Å². The van der Waals surface area contributed by atoms with Crippen molar-refractivity contribution in [2.45, 2.75) is 5.92 Å². The number of nitro benzene ring substituents is 1. The number of thiazole rings is 1. The van der Waals surface area contributed by atoms with Crippen LogP contribution in [-0.4, -0.2) is 9.91 Å². The van der Waals surface area contributed by atoms with Gasteiger partial charge in [-0.05, 0) is 11.6 Å². The predicted molar refractivity (Wildman–Crippen MR) is 94.9 cm³/mol. The molecule has 124 valence electrons. The molecule has 0 radical (unpaired) electrons. The first-order chi connectivity index (χ1) is 12.1. The average Bonchev–Trinajstić information content (AvgIpc) is 3.01. The third-order valence-electron chi connectivity index (χ3n) is 3.95. The summed E-state index contributed by atoms with van der Waals surface area (Å²) in [5.74, 6) is 0.732. The highest BCUT2D eigenvalue weighted by atomic mass is 32.1. The number of non-ortho nitro benzene ring substituents is 1. The number of H-pyrrole nitrogens is 1. The number of nitro groups is 1. The molecule has 1 aliphatic rings. The van der Waals surface area contributed by atoms with Gasteiger partial charge in [-0.25, -0.2) is 0 Å². The molecule has 1 N–H and O–H groups in total. The number of benzene rings is 2. The average molecular weight is 352 g/mol. The van der Waals surface area contributed by atoms with Crippen molar-refractivity contribution in [3.05, 3.63) is 96.5 Å². The summed E-state index contributed by atoms with van der Waals surface area (Å²) in [6, 6.07) is 16.0. The Labute approximate surface area is 146 Å². The maximum Gasteiger partial charge on any atom is 0.307 e. The number of hydrogen-bond acceptors (Lipinski definition) is 5. The first-order valence-electron chi connectivity index (χ1n) is 7.54. The van der Waals surface area contributed by atoms with Crippen LogP contribution < -0.4 is 9.61 Å². The molecule has 4 rings (SSSR count). The maximum absolute atomic E-state index is 11.8. The van der Waals surface area contributed by atoms with Crippen molar-refractivity contribution in [3.63, 3.8) is 0 Å². The van der Waals surface area contributed by atoms with Crippen LogP contribution in [0.15, 0.2) is 65.5 Å². The van der Waals surface area contributed by atoms with Gasteiger partial charge in [0.1, 0.15) is 5.76 Å². The van der Waals surface area contributed by atoms with E-state index in [2.05, 4.69) is 4.98 Å². The second kappa shape index (κ2) is 6.03. The summed E-state index contributed by atoms with van der Waals surface area (Å²) >= 11 is 1.11. The largest absolute Gasteiger partial charge is 0.439 e. The van der Waals surface area contributed by atoms with Crippen molar-refractivity contribution in [1.82, 2.24) is 4.98 Å². The topological polar surface area (TPSA) is 85.2 Å². The molecule has 0 fully saturated rings. The van der Waals surface area contributed by atoms with Gasteiger partial charge in [0.25, 0.3) is 5.69 Å². The lowest BCUT2D eigenvalue weighted by molar-refractivity contribution is -0.384. The Bertz CT molecular complexity index is 1040. The van der Waals surface area contributed by atoms with E-state index in [-0.39, 0.29) is 16.5 Å². The van der Waals surface area contributed by atoms with Crippen molar-refractivity contribution in [3.8, 4) is 5.88 Å². The zero-order valence-electron chi connectivity index (χ0n) is 12.8. The molecule has 1 aromatic heterocycles. The molecule has 2 heterocycles. The fraction of sp³-hybridized carbons (Fsp3) is 0.0556. The number of rotatable bonds is 3. The third-order valence-corrected chi connectivity index (χ3v) is 4.90. The van der Waals surface area contributed by atoms with Gasteiger partial charge in [0.15, 0.2) is 0 Å². The van der Waals surface area contributed by atoms with E-state index in [0.29, 0.717) is 17.2 Å². The minimum atomic E-state index is -0.445. The van der Waals surface area contributed by atoms with Gasteiger partial charge >= 0.3 is 4.87 Å². The van der Waals surface area contributed by atoms with Crippen LogP contribution in [0.5, 0.6) is 5.88 Å². The smallest absolute Gasteiger partial charge is 0.307 e. The van der Waals surface area contributed by atoms with E-state index in [1.165, 1.54) is 12.1 Å². The number of nitrogens with zero attached hydrogens (tertiary/aromatic N) is 1. The Kier molecular flexibility index (Phi) is 3.70. The van der Waals surface area contributed by atoms with Crippen molar-refractivity contribution in [1.29, 1.82) is 0 Å². The van der Waals surface area contributed by atoms with Crippen LogP contribution in [0.25, 0.3) is 5.76 Å². The molecule has 6 nitrogen and oxygen atoms in total. The number of aromatic amines is 1. The van der Waals surface area contributed by atoms with Crippen LogP contribution >= 0.6 is 11.3 Å². The molecule has 0 saturated carbocycles. The van der Waals surface area contributed by atoms with Gasteiger partial charge in [-0.1, -0.05) is 53.8 Å². The Morgan fingerprint density at radius 2 is 1.92 bits per heavy atom. The van der Waals surface area contributed by atoms with E-state index in [1.54, 1.807) is 12.1 Å². The molecule has 0 aliphatic carbocycles. The summed E-state index contributed by atoms with van der Waals surface area (Å²) in [7, 11) is 0. The lowest BCUT2D eigenvalue weighted by atomic mass is 9.94. The van der Waals surface area contributed by atoms with Gasteiger partial charge in [0.2, 0.25) is 5.88 Å². The van der Waals surface area contributed by atoms with E-state index >= 15 is 0 Å².